The molecule has 1 fully saturated rings. The van der Waals surface area contributed by atoms with Gasteiger partial charge in [0.05, 0.1) is 11.1 Å². The lowest BCUT2D eigenvalue weighted by atomic mass is 9.83. The van der Waals surface area contributed by atoms with Crippen LogP contribution < -0.4 is 0 Å². The summed E-state index contributed by atoms with van der Waals surface area (Å²) in [6.07, 6.45) is 6.20. The summed E-state index contributed by atoms with van der Waals surface area (Å²) >= 11 is 0. The van der Waals surface area contributed by atoms with Crippen molar-refractivity contribution in [3.63, 3.8) is 0 Å². The van der Waals surface area contributed by atoms with E-state index in [0.29, 0.717) is 5.92 Å². The maximum atomic E-state index is 12.9. The molecule has 2 atom stereocenters. The van der Waals surface area contributed by atoms with Crippen molar-refractivity contribution in [2.75, 3.05) is 0 Å². The predicted molar refractivity (Wildman–Crippen MR) is 100 cm³/mol. The van der Waals surface area contributed by atoms with Gasteiger partial charge in [-0.1, -0.05) is 37.6 Å². The van der Waals surface area contributed by atoms with Crippen molar-refractivity contribution < 1.29 is 9.53 Å². The second kappa shape index (κ2) is 7.38. The van der Waals surface area contributed by atoms with E-state index >= 15 is 0 Å². The molecule has 0 saturated heterocycles. The van der Waals surface area contributed by atoms with Crippen molar-refractivity contribution in [3.8, 4) is 11.3 Å². The highest BCUT2D eigenvalue weighted by Gasteiger charge is 2.34. The fraction of sp³-hybridized carbons (Fsp3) is 0.455. The van der Waals surface area contributed by atoms with Crippen LogP contribution >= 0.6 is 0 Å². The van der Waals surface area contributed by atoms with Crippen molar-refractivity contribution in [1.29, 1.82) is 0 Å². The van der Waals surface area contributed by atoms with E-state index in [1.54, 1.807) is 6.20 Å². The largest absolute Gasteiger partial charge is 0.462 e. The molecule has 3 nitrogen and oxygen atoms in total. The van der Waals surface area contributed by atoms with Gasteiger partial charge in [-0.2, -0.15) is 0 Å². The van der Waals surface area contributed by atoms with E-state index in [1.807, 2.05) is 56.3 Å². The lowest BCUT2D eigenvalue weighted by molar-refractivity contribution is -0.157. The smallest absolute Gasteiger partial charge is 0.316 e. The van der Waals surface area contributed by atoms with Crippen LogP contribution in [0.2, 0.25) is 0 Å². The van der Waals surface area contributed by atoms with Gasteiger partial charge in [0.25, 0.3) is 0 Å². The zero-order chi connectivity index (χ0) is 17.9. The summed E-state index contributed by atoms with van der Waals surface area (Å²) in [5.41, 5.74) is 2.22. The Bertz CT molecular complexity index is 724. The van der Waals surface area contributed by atoms with Gasteiger partial charge in [-0.25, -0.2) is 0 Å². The van der Waals surface area contributed by atoms with Crippen LogP contribution in [0.3, 0.4) is 0 Å². The van der Waals surface area contributed by atoms with Crippen molar-refractivity contribution >= 4 is 5.97 Å². The van der Waals surface area contributed by atoms with E-state index in [1.165, 1.54) is 6.42 Å². The van der Waals surface area contributed by atoms with Crippen LogP contribution in [0.1, 0.15) is 52.0 Å². The summed E-state index contributed by atoms with van der Waals surface area (Å²) in [6.45, 7) is 6.12. The first-order valence-electron chi connectivity index (χ1n) is 9.20. The number of ether oxygens (including phenoxy) is 1. The molecule has 3 heteroatoms. The van der Waals surface area contributed by atoms with Crippen LogP contribution in [0.4, 0.5) is 0 Å². The zero-order valence-corrected chi connectivity index (χ0v) is 15.4. The molecule has 0 N–H and O–H groups in total. The van der Waals surface area contributed by atoms with Gasteiger partial charge in [0, 0.05) is 11.8 Å². The molecule has 1 heterocycles. The minimum atomic E-state index is -0.675. The molecule has 0 amide bonds. The van der Waals surface area contributed by atoms with Crippen molar-refractivity contribution in [3.05, 3.63) is 54.2 Å². The lowest BCUT2D eigenvalue weighted by Crippen LogP contribution is -2.35. The molecule has 1 aliphatic carbocycles. The topological polar surface area (TPSA) is 39.2 Å². The molecule has 3 rings (SSSR count). The van der Waals surface area contributed by atoms with Crippen LogP contribution in [0.15, 0.2) is 48.7 Å². The number of rotatable bonds is 4. The maximum absolute atomic E-state index is 12.9. The molecule has 0 bridgehead atoms. The van der Waals surface area contributed by atoms with Gasteiger partial charge in [0.15, 0.2) is 0 Å². The highest BCUT2D eigenvalue weighted by atomic mass is 16.5. The monoisotopic (exact) mass is 337 g/mol. The molecule has 132 valence electrons. The molecular formula is C22H27NO2. The fourth-order valence-electron chi connectivity index (χ4n) is 3.50. The second-order valence-corrected chi connectivity index (χ2v) is 7.72. The highest BCUT2D eigenvalue weighted by Crippen LogP contribution is 2.31. The Morgan fingerprint density at radius 1 is 1.16 bits per heavy atom. The molecule has 1 aliphatic rings. The summed E-state index contributed by atoms with van der Waals surface area (Å²) in [5, 5.41) is 0. The molecule has 0 spiro atoms. The number of esters is 1. The number of aromatic nitrogens is 1. The Morgan fingerprint density at radius 3 is 2.72 bits per heavy atom. The third-order valence-corrected chi connectivity index (χ3v) is 5.22. The molecule has 0 radical (unpaired) electrons. The van der Waals surface area contributed by atoms with E-state index in [-0.39, 0.29) is 12.1 Å². The first-order chi connectivity index (χ1) is 12.0. The van der Waals surface area contributed by atoms with Gasteiger partial charge >= 0.3 is 5.97 Å². The van der Waals surface area contributed by atoms with Crippen LogP contribution in [0.5, 0.6) is 0 Å². The molecule has 25 heavy (non-hydrogen) atoms. The predicted octanol–water partition coefficient (Wildman–Crippen LogP) is 5.15. The summed E-state index contributed by atoms with van der Waals surface area (Å²) in [5.74, 6) is 0.506. The van der Waals surface area contributed by atoms with Crippen LogP contribution in [-0.2, 0) is 14.9 Å². The van der Waals surface area contributed by atoms with Crippen molar-refractivity contribution in [1.82, 2.24) is 4.98 Å². The number of carbonyl (C=O) groups excluding carboxylic acids is 1. The molecule has 1 saturated carbocycles. The van der Waals surface area contributed by atoms with Gasteiger partial charge in [-0.05, 0) is 62.8 Å². The second-order valence-electron chi connectivity index (χ2n) is 7.72. The Hall–Kier alpha value is -2.16. The molecule has 1 aromatic heterocycles. The molecule has 2 aromatic rings. The van der Waals surface area contributed by atoms with Crippen LogP contribution in [0, 0.1) is 5.92 Å². The van der Waals surface area contributed by atoms with Gasteiger partial charge in [-0.15, -0.1) is 0 Å². The maximum Gasteiger partial charge on any atom is 0.316 e. The minimum Gasteiger partial charge on any atom is -0.462 e. The fourth-order valence-corrected chi connectivity index (χ4v) is 3.50. The van der Waals surface area contributed by atoms with E-state index in [0.717, 1.165) is 36.1 Å². The van der Waals surface area contributed by atoms with Gasteiger partial charge in [0.1, 0.15) is 6.10 Å². The number of carbonyl (C=O) groups is 1. The summed E-state index contributed by atoms with van der Waals surface area (Å²) < 4.78 is 5.87. The lowest BCUT2D eigenvalue weighted by Gasteiger charge is -2.31. The number of benzene rings is 1. The number of hydrogen-bond acceptors (Lipinski definition) is 3. The molecule has 0 aliphatic heterocycles. The normalized spacial score (nSPS) is 20.9. The standard InChI is InChI=1S/C22H27NO2/c1-16-8-6-11-19(14-16)25-21(24)22(2,3)18-10-7-9-17(15-18)20-12-4-5-13-23-20/h4-5,7,9-10,12-13,15-16,19H,6,8,11,14H2,1-3H3. The van der Waals surface area contributed by atoms with Crippen molar-refractivity contribution in [2.45, 2.75) is 58.0 Å². The molecule has 1 aromatic carbocycles. The minimum absolute atomic E-state index is 0.0643. The van der Waals surface area contributed by atoms with E-state index < -0.39 is 5.41 Å². The average Bonchev–Trinajstić information content (AvgIpc) is 2.62. The Labute approximate surface area is 150 Å². The third kappa shape index (κ3) is 4.09. The van der Waals surface area contributed by atoms with Crippen LogP contribution in [0.25, 0.3) is 11.3 Å². The number of pyridine rings is 1. The zero-order valence-electron chi connectivity index (χ0n) is 15.4. The average molecular weight is 337 g/mol. The first kappa shape index (κ1) is 17.7. The van der Waals surface area contributed by atoms with Gasteiger partial charge in [0.2, 0.25) is 0 Å². The van der Waals surface area contributed by atoms with E-state index in [4.69, 9.17) is 4.74 Å². The quantitative estimate of drug-likeness (QED) is 0.724. The Kier molecular flexibility index (Phi) is 5.22. The van der Waals surface area contributed by atoms with Gasteiger partial charge < -0.3 is 4.74 Å². The SMILES string of the molecule is CC1CCCC(OC(=O)C(C)(C)c2cccc(-c3ccccn3)c2)C1. The van der Waals surface area contributed by atoms with E-state index in [2.05, 4.69) is 11.9 Å². The highest BCUT2D eigenvalue weighted by molar-refractivity contribution is 5.83. The first-order valence-corrected chi connectivity index (χ1v) is 9.20. The molecule has 2 unspecified atom stereocenters. The van der Waals surface area contributed by atoms with Crippen LogP contribution in [-0.4, -0.2) is 17.1 Å². The summed E-state index contributed by atoms with van der Waals surface area (Å²) in [4.78, 5) is 17.3. The van der Waals surface area contributed by atoms with Crippen molar-refractivity contribution in [2.24, 2.45) is 5.92 Å². The summed E-state index contributed by atoms with van der Waals surface area (Å²) in [6, 6.07) is 13.9. The summed E-state index contributed by atoms with van der Waals surface area (Å²) in [7, 11) is 0. The van der Waals surface area contributed by atoms with Gasteiger partial charge in [-0.3, -0.25) is 9.78 Å². The molecular weight excluding hydrogens is 310 g/mol. The van der Waals surface area contributed by atoms with E-state index in [9.17, 15) is 4.79 Å². The third-order valence-electron chi connectivity index (χ3n) is 5.22. The Balaban J connectivity index is 1.78. The number of nitrogens with zero attached hydrogens (tertiary/aromatic N) is 1. The number of hydrogen-bond donors (Lipinski definition) is 0. The Morgan fingerprint density at radius 2 is 2.00 bits per heavy atom.